The van der Waals surface area contributed by atoms with E-state index in [4.69, 9.17) is 34.9 Å². The van der Waals surface area contributed by atoms with Gasteiger partial charge in [-0.15, -0.1) is 0 Å². The number of ether oxygens (including phenoxy) is 3. The second kappa shape index (κ2) is 44.4. The van der Waals surface area contributed by atoms with Gasteiger partial charge in [0.25, 0.3) is 31.8 Å². The van der Waals surface area contributed by atoms with Crippen molar-refractivity contribution in [2.75, 3.05) is 176 Å². The lowest BCUT2D eigenvalue weighted by molar-refractivity contribution is -0.108. The molecule has 6 N–H and O–H groups in total. The van der Waals surface area contributed by atoms with Gasteiger partial charge in [0.15, 0.2) is 5.75 Å². The number of nitrogens with two attached hydrogens (primary N) is 1. The highest BCUT2D eigenvalue weighted by Crippen LogP contribution is 2.36. The number of pyridine rings is 3. The molecule has 40 heteroatoms. The minimum Gasteiger partial charge on any atom is -0.451 e. The summed E-state index contributed by atoms with van der Waals surface area (Å²) in [5, 5.41) is 17.3. The summed E-state index contributed by atoms with van der Waals surface area (Å²) >= 11 is 0. The standard InChI is InChI=1S/C34H38N8O4S.C33H44N8O5S.C33H38N8O4S/c1-24-7-3-6-10-29(24)46-30-21-25-22-36-34(37-26-11-13-27(14-12-26)40-19-17-39(2)18-20-40)38-32(25)41(33(30)43)23-31-35-15-16-42(31)47(44,45)28-8-4-5-9-28;1-22-17-27(5-6-29(22)40-11-9-35-10-12-40)37-33-36-20-25-18-28(23(2)24-7-14-46-15-8-24)31(42)41(30(25)38-33)21-26(19-34)32(43)47(44,45)16-13-39(3)4;1-38-17-14-25(15-18-38)24-9-11-27(12-10-24)36-33-34-22-26-21-30(39(2)28-7-5-4-6-8-28)32(42)40(31(26)37-33)23-29-13-16-35-41(29)46(43,44)20-19-45-3/h3,6-7,10-16,21-22,28H,4-5,8-9,17-20,23H2,1-2H3,(H,36,37,38);5-6,17-20,24,35H,2,7-16,21,34H2,1,3-4H3,(H,36,37,38);4-13,16,21-22,25H,14-15,17-20,23H2,1-3H3,(H,34,36,37). The Labute approximate surface area is 813 Å². The van der Waals surface area contributed by atoms with Crippen molar-refractivity contribution in [2.24, 2.45) is 11.7 Å². The van der Waals surface area contributed by atoms with Crippen LogP contribution in [0.1, 0.15) is 91.1 Å². The van der Waals surface area contributed by atoms with E-state index >= 15 is 0 Å². The molecular weight excluding hydrogens is 1840 g/mol. The predicted molar refractivity (Wildman–Crippen MR) is 548 cm³/mol. The number of aromatic nitrogens is 13. The Morgan fingerprint density at radius 2 is 1.19 bits per heavy atom. The molecule has 0 bridgehead atoms. The molecule has 5 aliphatic rings. The van der Waals surface area contributed by atoms with Crippen molar-refractivity contribution in [2.45, 2.75) is 96.0 Å². The fourth-order valence-corrected chi connectivity index (χ4v) is 22.5. The van der Waals surface area contributed by atoms with Crippen LogP contribution in [0.3, 0.4) is 0 Å². The van der Waals surface area contributed by atoms with Crippen LogP contribution >= 0.6 is 0 Å². The number of piperazine rings is 2. The van der Waals surface area contributed by atoms with Gasteiger partial charge in [-0.1, -0.05) is 68.0 Å². The number of methoxy groups -OCH3 is 1. The number of carbonyl (C=O) groups excluding carboxylic acids is 1. The molecule has 1 saturated carbocycles. The maximum absolute atomic E-state index is 14.2. The molecule has 5 aromatic carbocycles. The van der Waals surface area contributed by atoms with Crippen molar-refractivity contribution in [3.05, 3.63) is 266 Å². The van der Waals surface area contributed by atoms with Crippen LogP contribution in [0, 0.1) is 19.8 Å². The number of aryl methyl sites for hydroxylation is 2. The molecule has 12 heterocycles. The zero-order chi connectivity index (χ0) is 98.5. The lowest BCUT2D eigenvalue weighted by Gasteiger charge is -2.34. The summed E-state index contributed by atoms with van der Waals surface area (Å²) < 4.78 is 102. The number of nitrogens with zero attached hydrogens (tertiary/aromatic N) is 19. The summed E-state index contributed by atoms with van der Waals surface area (Å²) in [6.45, 7) is 18.9. The summed E-state index contributed by atoms with van der Waals surface area (Å²) in [5.41, 5.74) is 15.8. The smallest absolute Gasteiger partial charge is 0.295 e. The van der Waals surface area contributed by atoms with Gasteiger partial charge in [-0.05, 0) is 225 Å². The molecule has 8 aromatic heterocycles. The van der Waals surface area contributed by atoms with Gasteiger partial charge in [0, 0.05) is 185 Å². The average molecular weight is 1960 g/mol. The number of likely N-dealkylation sites (N-methyl/N-ethyl adjacent to an activating group) is 1. The van der Waals surface area contributed by atoms with Gasteiger partial charge in [-0.25, -0.2) is 49.2 Å². The van der Waals surface area contributed by atoms with Crippen LogP contribution in [0.4, 0.5) is 57.7 Å². The third-order valence-electron chi connectivity index (χ3n) is 26.2. The molecule has 736 valence electrons. The Kier molecular flexibility index (Phi) is 31.5. The van der Waals surface area contributed by atoms with E-state index in [2.05, 4.69) is 124 Å². The largest absolute Gasteiger partial charge is 0.451 e. The quantitative estimate of drug-likeness (QED) is 0.0252. The molecular formula is C100H120N24O13S3. The summed E-state index contributed by atoms with van der Waals surface area (Å²) in [6, 6.07) is 46.1. The minimum atomic E-state index is -4.19. The topological polar surface area (TPSA) is 420 Å². The van der Waals surface area contributed by atoms with Gasteiger partial charge < -0.3 is 70.6 Å². The lowest BCUT2D eigenvalue weighted by atomic mass is 9.88. The molecule has 0 radical (unpaired) electrons. The van der Waals surface area contributed by atoms with Crippen molar-refractivity contribution >= 4 is 131 Å². The molecule has 140 heavy (non-hydrogen) atoms. The number of sulfone groups is 1. The summed E-state index contributed by atoms with van der Waals surface area (Å²) in [5.74, 6) is 1.64. The molecule has 0 atom stereocenters. The second-order valence-electron chi connectivity index (χ2n) is 36.2. The highest BCUT2D eigenvalue weighted by Gasteiger charge is 2.35. The van der Waals surface area contributed by atoms with E-state index < -0.39 is 57.9 Å². The highest BCUT2D eigenvalue weighted by molar-refractivity contribution is 8.06. The van der Waals surface area contributed by atoms with Crippen molar-refractivity contribution in [3.63, 3.8) is 0 Å². The van der Waals surface area contributed by atoms with Gasteiger partial charge >= 0.3 is 0 Å². The number of hydrogen-bond donors (Lipinski definition) is 5. The van der Waals surface area contributed by atoms with E-state index in [1.165, 1.54) is 48.9 Å². The van der Waals surface area contributed by atoms with Crippen LogP contribution in [-0.4, -0.2) is 258 Å². The van der Waals surface area contributed by atoms with Gasteiger partial charge in [-0.3, -0.25) is 32.9 Å². The Morgan fingerprint density at radius 1 is 0.600 bits per heavy atom. The Balaban J connectivity index is 0.000000151. The van der Waals surface area contributed by atoms with Crippen LogP contribution in [0.15, 0.2) is 216 Å². The molecule has 1 aliphatic carbocycles. The van der Waals surface area contributed by atoms with Crippen LogP contribution in [0.25, 0.3) is 38.7 Å². The number of anilines is 10. The zero-order valence-electron chi connectivity index (χ0n) is 80.0. The molecule has 0 amide bonds. The Morgan fingerprint density at radius 3 is 1.82 bits per heavy atom. The average Bonchev–Trinajstić information content (AvgIpc) is 1.45. The monoisotopic (exact) mass is 1960 g/mol. The van der Waals surface area contributed by atoms with Crippen molar-refractivity contribution < 1.29 is 44.3 Å². The first-order valence-corrected chi connectivity index (χ1v) is 51.8. The molecule has 4 saturated heterocycles. The lowest BCUT2D eigenvalue weighted by Crippen LogP contribution is -2.44. The van der Waals surface area contributed by atoms with Gasteiger partial charge in [-0.2, -0.15) is 24.1 Å². The van der Waals surface area contributed by atoms with Gasteiger partial charge in [0.1, 0.15) is 34.2 Å². The van der Waals surface area contributed by atoms with Gasteiger partial charge in [0.05, 0.1) is 54.9 Å². The molecule has 5 fully saturated rings. The maximum Gasteiger partial charge on any atom is 0.295 e. The zero-order valence-corrected chi connectivity index (χ0v) is 82.5. The van der Waals surface area contributed by atoms with E-state index in [0.717, 1.165) is 160 Å². The number of likely N-dealkylation sites (tertiary alicyclic amines) is 1. The number of hydrogen-bond acceptors (Lipinski definition) is 32. The number of para-hydroxylation sites is 2. The number of benzene rings is 5. The van der Waals surface area contributed by atoms with Crippen LogP contribution in [0.2, 0.25) is 0 Å². The molecule has 0 spiro atoms. The fraction of sp³-hybridized carbons (Fsp3) is 0.380. The fourth-order valence-electron chi connectivity index (χ4n) is 18.0. The maximum atomic E-state index is 14.2. The highest BCUT2D eigenvalue weighted by atomic mass is 32.2. The number of imidazole rings is 1. The van der Waals surface area contributed by atoms with Crippen LogP contribution < -0.4 is 63.1 Å². The Bertz CT molecular complexity index is 7230. The van der Waals surface area contributed by atoms with Crippen molar-refractivity contribution in [1.82, 2.24) is 81.8 Å². The summed E-state index contributed by atoms with van der Waals surface area (Å²) in [7, 11) is -0.708. The third-order valence-corrected chi connectivity index (χ3v) is 31.5. The normalized spacial score (nSPS) is 15.7. The molecule has 18 rings (SSSR count). The van der Waals surface area contributed by atoms with E-state index in [-0.39, 0.29) is 78.0 Å². The number of carbonyl (C=O) groups is 1. The van der Waals surface area contributed by atoms with Crippen molar-refractivity contribution in [3.8, 4) is 11.5 Å². The molecule has 37 nitrogen and oxygen atoms in total. The first-order valence-electron chi connectivity index (χ1n) is 47.0. The number of fused-ring (bicyclic) bond motifs is 3. The number of rotatable bonds is 31. The first-order chi connectivity index (χ1) is 67.5. The van der Waals surface area contributed by atoms with Crippen LogP contribution in [0.5, 0.6) is 11.5 Å². The number of allylic oxidation sites excluding steroid dienone is 1. The summed E-state index contributed by atoms with van der Waals surface area (Å²) in [4.78, 5) is 101. The van der Waals surface area contributed by atoms with E-state index in [0.29, 0.717) is 99.6 Å². The number of nitrogens with one attached hydrogen (secondary N) is 4. The number of piperidine rings is 1. The molecule has 0 unspecified atom stereocenters. The molecule has 4 aliphatic heterocycles. The summed E-state index contributed by atoms with van der Waals surface area (Å²) in [6.07, 6.45) is 16.9. The Hall–Kier alpha value is -13.5. The van der Waals surface area contributed by atoms with Gasteiger partial charge in [0.2, 0.25) is 37.7 Å². The SMILES string of the molecule is C=C(c1cc2cnc(Nc3ccc(N4CCNCC4)c(C)c3)nc2n(CC(=CN)C(=O)S(=O)(=O)CCN(C)C)c1=O)C1CCOCC1.COCCS(=O)(=O)n1nccc1Cn1c(=O)c(N(C)c2ccccc2)cc2cnc(Nc3ccc(C4CCN(C)CC4)cc3)nc21.Cc1ccccc1Oc1cc2cnc(Nc3ccc(N4CCN(C)CC4)cc3)nc2n(Cc2nccn2S(=O)(=O)C2CCCC2)c1=O. The van der Waals surface area contributed by atoms with E-state index in [1.807, 2.05) is 98.9 Å². The third kappa shape index (κ3) is 23.3. The minimum absolute atomic E-state index is 0.0170. The van der Waals surface area contributed by atoms with Crippen LogP contribution in [-0.2, 0) is 63.8 Å². The van der Waals surface area contributed by atoms with E-state index in [9.17, 15) is 44.4 Å². The second-order valence-corrected chi connectivity index (χ2v) is 42.2. The van der Waals surface area contributed by atoms with E-state index in [1.54, 1.807) is 72.8 Å². The molecule has 13 aromatic rings. The van der Waals surface area contributed by atoms with Crippen molar-refractivity contribution in [1.29, 1.82) is 0 Å². The first kappa shape index (κ1) is 99.6. The predicted octanol–water partition coefficient (Wildman–Crippen LogP) is 11.0.